The Morgan fingerprint density at radius 1 is 0.333 bits per heavy atom. The van der Waals surface area contributed by atoms with Crippen LogP contribution in [0.5, 0.6) is 0 Å². The molecule has 0 atom stereocenters. The fourth-order valence-corrected chi connectivity index (χ4v) is 5.93. The standard InChI is InChI=1S/C38H24N4/c1-3-13-31-29(11-1)27(25-9-7-21-39-23-25)17-19-33(31)37-38(42-36-16-6-5-15-35(36)41-37)34-20-18-28(26-10-8-22-40-24-26)30-12-2-4-14-32(30)34/h1-24H. The number of benzene rings is 5. The Balaban J connectivity index is 1.43. The minimum atomic E-state index is 0.863. The Bertz CT molecular complexity index is 2080. The van der Waals surface area contributed by atoms with E-state index in [1.165, 1.54) is 0 Å². The van der Waals surface area contributed by atoms with Gasteiger partial charge in [-0.3, -0.25) is 9.97 Å². The Labute approximate surface area is 243 Å². The van der Waals surface area contributed by atoms with Gasteiger partial charge in [0, 0.05) is 47.0 Å². The first kappa shape index (κ1) is 24.1. The second-order valence-electron chi connectivity index (χ2n) is 10.3. The van der Waals surface area contributed by atoms with Gasteiger partial charge in [0.25, 0.3) is 0 Å². The van der Waals surface area contributed by atoms with Crippen LogP contribution in [-0.2, 0) is 0 Å². The van der Waals surface area contributed by atoms with Crippen molar-refractivity contribution in [3.8, 4) is 44.8 Å². The average molecular weight is 537 g/mol. The first-order valence-corrected chi connectivity index (χ1v) is 14.0. The molecule has 0 aliphatic heterocycles. The molecule has 4 heteroatoms. The lowest BCUT2D eigenvalue weighted by atomic mass is 9.90. The summed E-state index contributed by atoms with van der Waals surface area (Å²) in [6, 6.07) is 42.0. The molecule has 0 radical (unpaired) electrons. The Kier molecular flexibility index (Phi) is 5.75. The largest absolute Gasteiger partial charge is 0.264 e. The van der Waals surface area contributed by atoms with Gasteiger partial charge in [0.1, 0.15) is 0 Å². The molecule has 0 spiro atoms. The monoisotopic (exact) mass is 536 g/mol. The van der Waals surface area contributed by atoms with Crippen molar-refractivity contribution in [1.82, 2.24) is 19.9 Å². The molecule has 0 bridgehead atoms. The van der Waals surface area contributed by atoms with Crippen LogP contribution >= 0.6 is 0 Å². The molecule has 196 valence electrons. The summed E-state index contributed by atoms with van der Waals surface area (Å²) in [5.41, 5.74) is 10.0. The molecule has 4 nitrogen and oxygen atoms in total. The molecule has 8 aromatic rings. The lowest BCUT2D eigenvalue weighted by Gasteiger charge is -2.17. The third-order valence-corrected chi connectivity index (χ3v) is 7.87. The first-order chi connectivity index (χ1) is 20.8. The van der Waals surface area contributed by atoms with Gasteiger partial charge in [0.15, 0.2) is 0 Å². The van der Waals surface area contributed by atoms with Crippen LogP contribution in [0.25, 0.3) is 77.3 Å². The van der Waals surface area contributed by atoms with E-state index in [1.54, 1.807) is 12.4 Å². The van der Waals surface area contributed by atoms with Gasteiger partial charge in [0.2, 0.25) is 0 Å². The van der Waals surface area contributed by atoms with E-state index in [4.69, 9.17) is 9.97 Å². The maximum Gasteiger partial charge on any atom is 0.0979 e. The molecule has 0 amide bonds. The van der Waals surface area contributed by atoms with Gasteiger partial charge in [-0.15, -0.1) is 0 Å². The van der Waals surface area contributed by atoms with E-state index < -0.39 is 0 Å². The fraction of sp³-hybridized carbons (Fsp3) is 0. The molecule has 0 N–H and O–H groups in total. The van der Waals surface area contributed by atoms with Crippen LogP contribution < -0.4 is 0 Å². The van der Waals surface area contributed by atoms with Crippen LogP contribution in [-0.4, -0.2) is 19.9 Å². The summed E-state index contributed by atoms with van der Waals surface area (Å²) in [7, 11) is 0. The highest BCUT2D eigenvalue weighted by Crippen LogP contribution is 2.42. The molecule has 0 saturated heterocycles. The quantitative estimate of drug-likeness (QED) is 0.225. The number of rotatable bonds is 4. The smallest absolute Gasteiger partial charge is 0.0979 e. The Hall–Kier alpha value is -5.74. The highest BCUT2D eigenvalue weighted by atomic mass is 14.8. The van der Waals surface area contributed by atoms with Crippen molar-refractivity contribution in [2.75, 3.05) is 0 Å². The molecule has 0 aliphatic rings. The number of pyridine rings is 2. The maximum absolute atomic E-state index is 5.28. The molecule has 0 saturated carbocycles. The van der Waals surface area contributed by atoms with Crippen molar-refractivity contribution < 1.29 is 0 Å². The maximum atomic E-state index is 5.28. The van der Waals surface area contributed by atoms with Gasteiger partial charge in [-0.05, 0) is 56.9 Å². The van der Waals surface area contributed by atoms with Gasteiger partial charge in [-0.25, -0.2) is 9.97 Å². The van der Waals surface area contributed by atoms with E-state index in [2.05, 4.69) is 94.9 Å². The number of hydrogen-bond acceptors (Lipinski definition) is 4. The number of fused-ring (bicyclic) bond motifs is 3. The van der Waals surface area contributed by atoms with Crippen LogP contribution in [0.15, 0.2) is 146 Å². The summed E-state index contributed by atoms with van der Waals surface area (Å²) in [5.74, 6) is 0. The summed E-state index contributed by atoms with van der Waals surface area (Å²) < 4.78 is 0. The zero-order chi connectivity index (χ0) is 27.9. The molecule has 0 fully saturated rings. The number of para-hydroxylation sites is 2. The number of nitrogens with zero attached hydrogens (tertiary/aromatic N) is 4. The van der Waals surface area contributed by atoms with Gasteiger partial charge >= 0.3 is 0 Å². The molecular weight excluding hydrogens is 512 g/mol. The van der Waals surface area contributed by atoms with Crippen LogP contribution in [0.3, 0.4) is 0 Å². The van der Waals surface area contributed by atoms with Crippen molar-refractivity contribution in [1.29, 1.82) is 0 Å². The lowest BCUT2D eigenvalue weighted by molar-refractivity contribution is 1.30. The second kappa shape index (κ2) is 10.0. The van der Waals surface area contributed by atoms with E-state index in [0.717, 1.165) is 77.3 Å². The van der Waals surface area contributed by atoms with E-state index in [9.17, 15) is 0 Å². The van der Waals surface area contributed by atoms with Crippen molar-refractivity contribution in [2.45, 2.75) is 0 Å². The predicted molar refractivity (Wildman–Crippen MR) is 172 cm³/mol. The van der Waals surface area contributed by atoms with Crippen LogP contribution in [0.2, 0.25) is 0 Å². The van der Waals surface area contributed by atoms with Gasteiger partial charge in [0.05, 0.1) is 22.4 Å². The normalized spacial score (nSPS) is 11.3. The van der Waals surface area contributed by atoms with E-state index in [0.29, 0.717) is 0 Å². The molecule has 3 heterocycles. The highest BCUT2D eigenvalue weighted by Gasteiger charge is 2.19. The zero-order valence-electron chi connectivity index (χ0n) is 22.6. The van der Waals surface area contributed by atoms with Gasteiger partial charge in [-0.2, -0.15) is 0 Å². The molecule has 42 heavy (non-hydrogen) atoms. The van der Waals surface area contributed by atoms with Crippen LogP contribution in [0.1, 0.15) is 0 Å². The predicted octanol–water partition coefficient (Wildman–Crippen LogP) is 9.39. The fourth-order valence-electron chi connectivity index (χ4n) is 5.93. The lowest BCUT2D eigenvalue weighted by Crippen LogP contribution is -1.98. The zero-order valence-corrected chi connectivity index (χ0v) is 22.6. The first-order valence-electron chi connectivity index (χ1n) is 14.0. The average Bonchev–Trinajstić information content (AvgIpc) is 3.07. The second-order valence-corrected chi connectivity index (χ2v) is 10.3. The van der Waals surface area contributed by atoms with Crippen LogP contribution in [0, 0.1) is 0 Å². The molecule has 0 aliphatic carbocycles. The summed E-state index contributed by atoms with van der Waals surface area (Å²) in [6.45, 7) is 0. The molecule has 3 aromatic heterocycles. The third-order valence-electron chi connectivity index (χ3n) is 7.87. The minimum absolute atomic E-state index is 0.863. The van der Waals surface area contributed by atoms with E-state index in [-0.39, 0.29) is 0 Å². The third kappa shape index (κ3) is 4.01. The molecule has 0 unspecified atom stereocenters. The topological polar surface area (TPSA) is 51.6 Å². The summed E-state index contributed by atoms with van der Waals surface area (Å²) in [4.78, 5) is 19.3. The SMILES string of the molecule is c1cncc(-c2ccc(-c3nc4ccccc4nc3-c3ccc(-c4cccnc4)c4ccccc34)c3ccccc23)c1. The van der Waals surface area contributed by atoms with Gasteiger partial charge < -0.3 is 0 Å². The molecular formula is C38H24N4. The van der Waals surface area contributed by atoms with Crippen molar-refractivity contribution in [3.05, 3.63) is 146 Å². The van der Waals surface area contributed by atoms with Crippen LogP contribution in [0.4, 0.5) is 0 Å². The molecule has 5 aromatic carbocycles. The minimum Gasteiger partial charge on any atom is -0.264 e. The van der Waals surface area contributed by atoms with E-state index >= 15 is 0 Å². The Morgan fingerprint density at radius 3 is 1.12 bits per heavy atom. The van der Waals surface area contributed by atoms with Crippen molar-refractivity contribution in [3.63, 3.8) is 0 Å². The Morgan fingerprint density at radius 2 is 0.714 bits per heavy atom. The summed E-state index contributed by atoms with van der Waals surface area (Å²) in [5, 5.41) is 4.56. The van der Waals surface area contributed by atoms with Gasteiger partial charge in [-0.1, -0.05) is 97.1 Å². The summed E-state index contributed by atoms with van der Waals surface area (Å²) in [6.07, 6.45) is 7.44. The molecule has 8 rings (SSSR count). The van der Waals surface area contributed by atoms with Crippen molar-refractivity contribution >= 4 is 32.6 Å². The van der Waals surface area contributed by atoms with E-state index in [1.807, 2.05) is 48.8 Å². The summed E-state index contributed by atoms with van der Waals surface area (Å²) >= 11 is 0. The number of hydrogen-bond donors (Lipinski definition) is 0. The number of aromatic nitrogens is 4. The highest BCUT2D eigenvalue weighted by molar-refractivity contribution is 6.10. The van der Waals surface area contributed by atoms with Crippen molar-refractivity contribution in [2.24, 2.45) is 0 Å².